The summed E-state index contributed by atoms with van der Waals surface area (Å²) in [5.41, 5.74) is 5.87. The maximum absolute atomic E-state index is 11.7. The molecule has 2 atom stereocenters. The fourth-order valence-electron chi connectivity index (χ4n) is 1.15. The summed E-state index contributed by atoms with van der Waals surface area (Å²) < 4.78 is 0. The van der Waals surface area contributed by atoms with Crippen LogP contribution in [0.5, 0.6) is 0 Å². The van der Waals surface area contributed by atoms with E-state index in [-0.39, 0.29) is 23.4 Å². The molecular formula is C12H26N2O. The molecule has 0 radical (unpaired) electrons. The predicted molar refractivity (Wildman–Crippen MR) is 64.5 cm³/mol. The molecule has 1 amide bonds. The van der Waals surface area contributed by atoms with Crippen LogP contribution in [0.15, 0.2) is 0 Å². The molecule has 90 valence electrons. The summed E-state index contributed by atoms with van der Waals surface area (Å²) in [5, 5.41) is 2.96. The number of carbonyl (C=O) groups is 1. The molecule has 0 fully saturated rings. The summed E-state index contributed by atoms with van der Waals surface area (Å²) in [7, 11) is 0. The minimum atomic E-state index is -0.380. The number of nitrogens with two attached hydrogens (primary N) is 1. The van der Waals surface area contributed by atoms with Crippen molar-refractivity contribution in [1.29, 1.82) is 0 Å². The molecule has 3 N–H and O–H groups in total. The van der Waals surface area contributed by atoms with Gasteiger partial charge in [0.1, 0.15) is 0 Å². The number of rotatable bonds is 4. The third kappa shape index (κ3) is 5.78. The molecular weight excluding hydrogens is 188 g/mol. The fraction of sp³-hybridized carbons (Fsp3) is 0.917. The van der Waals surface area contributed by atoms with Gasteiger partial charge in [0.15, 0.2) is 0 Å². The van der Waals surface area contributed by atoms with Crippen LogP contribution < -0.4 is 11.1 Å². The first-order chi connectivity index (χ1) is 6.64. The molecule has 1 unspecified atom stereocenters. The van der Waals surface area contributed by atoms with Gasteiger partial charge in [-0.3, -0.25) is 4.79 Å². The minimum absolute atomic E-state index is 0.0360. The lowest BCUT2D eigenvalue weighted by Crippen LogP contribution is -2.49. The van der Waals surface area contributed by atoms with Gasteiger partial charge in [0.25, 0.3) is 0 Å². The molecule has 0 spiro atoms. The molecule has 0 aromatic rings. The van der Waals surface area contributed by atoms with Crippen molar-refractivity contribution in [3.8, 4) is 0 Å². The quantitative estimate of drug-likeness (QED) is 0.751. The van der Waals surface area contributed by atoms with Gasteiger partial charge in [-0.15, -0.1) is 0 Å². The van der Waals surface area contributed by atoms with E-state index in [1.165, 1.54) is 0 Å². The molecule has 0 saturated heterocycles. The van der Waals surface area contributed by atoms with Crippen molar-refractivity contribution in [2.45, 2.75) is 60.0 Å². The Labute approximate surface area is 93.8 Å². The third-order valence-corrected chi connectivity index (χ3v) is 2.72. The van der Waals surface area contributed by atoms with Crippen LogP contribution in [-0.4, -0.2) is 18.0 Å². The van der Waals surface area contributed by atoms with Gasteiger partial charge in [0.2, 0.25) is 5.91 Å². The molecule has 3 nitrogen and oxygen atoms in total. The highest BCUT2D eigenvalue weighted by atomic mass is 16.2. The Hall–Kier alpha value is -0.570. The van der Waals surface area contributed by atoms with E-state index in [1.54, 1.807) is 0 Å². The van der Waals surface area contributed by atoms with E-state index in [9.17, 15) is 4.79 Å². The Morgan fingerprint density at radius 1 is 1.27 bits per heavy atom. The van der Waals surface area contributed by atoms with Crippen molar-refractivity contribution < 1.29 is 4.79 Å². The molecule has 0 rings (SSSR count). The van der Waals surface area contributed by atoms with Gasteiger partial charge in [-0.1, -0.05) is 34.6 Å². The first kappa shape index (κ1) is 14.4. The molecule has 0 aliphatic rings. The van der Waals surface area contributed by atoms with Crippen LogP contribution in [0.3, 0.4) is 0 Å². The van der Waals surface area contributed by atoms with Crippen LogP contribution in [0.1, 0.15) is 48.0 Å². The van der Waals surface area contributed by atoms with Crippen LogP contribution in [0.4, 0.5) is 0 Å². The summed E-state index contributed by atoms with van der Waals surface area (Å²) in [6, 6.07) is -0.238. The van der Waals surface area contributed by atoms with E-state index in [0.29, 0.717) is 5.92 Å². The third-order valence-electron chi connectivity index (χ3n) is 2.72. The van der Waals surface area contributed by atoms with E-state index in [4.69, 9.17) is 5.73 Å². The van der Waals surface area contributed by atoms with Crippen LogP contribution in [0.2, 0.25) is 0 Å². The summed E-state index contributed by atoms with van der Waals surface area (Å²) in [6.07, 6.45) is 0.739. The Bertz CT molecular complexity index is 206. The van der Waals surface area contributed by atoms with Gasteiger partial charge in [-0.2, -0.15) is 0 Å². The van der Waals surface area contributed by atoms with E-state index >= 15 is 0 Å². The highest BCUT2D eigenvalue weighted by molar-refractivity contribution is 5.81. The number of hydrogen-bond acceptors (Lipinski definition) is 2. The molecule has 0 bridgehead atoms. The molecule has 0 heterocycles. The average Bonchev–Trinajstić information content (AvgIpc) is 2.00. The molecule has 3 heteroatoms. The normalized spacial score (nSPS) is 16.3. The zero-order valence-corrected chi connectivity index (χ0v) is 10.9. The molecule has 0 aliphatic heterocycles. The average molecular weight is 214 g/mol. The summed E-state index contributed by atoms with van der Waals surface area (Å²) in [5.74, 6) is 0.418. The standard InChI is InChI=1S/C12H26N2O/c1-8(2)7-10(13)11(15)14-9(3)12(4,5)6/h8-10H,7,13H2,1-6H3,(H,14,15)/t9?,10-/m1/s1. The number of hydrogen-bond donors (Lipinski definition) is 2. The largest absolute Gasteiger partial charge is 0.352 e. The Morgan fingerprint density at radius 3 is 2.07 bits per heavy atom. The van der Waals surface area contributed by atoms with Crippen LogP contribution in [-0.2, 0) is 4.79 Å². The molecule has 0 saturated carbocycles. The van der Waals surface area contributed by atoms with E-state index in [0.717, 1.165) is 6.42 Å². The van der Waals surface area contributed by atoms with Gasteiger partial charge in [0, 0.05) is 6.04 Å². The second-order valence-corrected chi connectivity index (χ2v) is 5.83. The van der Waals surface area contributed by atoms with Gasteiger partial charge in [-0.25, -0.2) is 0 Å². The fourth-order valence-corrected chi connectivity index (χ4v) is 1.15. The second kappa shape index (κ2) is 5.50. The topological polar surface area (TPSA) is 55.1 Å². The van der Waals surface area contributed by atoms with Crippen molar-refractivity contribution in [3.05, 3.63) is 0 Å². The first-order valence-electron chi connectivity index (χ1n) is 5.70. The molecule has 0 aliphatic carbocycles. The Kier molecular flexibility index (Phi) is 5.29. The minimum Gasteiger partial charge on any atom is -0.352 e. The predicted octanol–water partition coefficient (Wildman–Crippen LogP) is 1.91. The molecule has 0 aromatic heterocycles. The van der Waals surface area contributed by atoms with Crippen molar-refractivity contribution >= 4 is 5.91 Å². The maximum atomic E-state index is 11.7. The highest BCUT2D eigenvalue weighted by Gasteiger charge is 2.24. The number of amides is 1. The summed E-state index contributed by atoms with van der Waals surface area (Å²) in [4.78, 5) is 11.7. The van der Waals surface area contributed by atoms with Crippen molar-refractivity contribution in [2.24, 2.45) is 17.1 Å². The maximum Gasteiger partial charge on any atom is 0.237 e. The molecule has 15 heavy (non-hydrogen) atoms. The number of carbonyl (C=O) groups excluding carboxylic acids is 1. The first-order valence-corrected chi connectivity index (χ1v) is 5.70. The lowest BCUT2D eigenvalue weighted by atomic mass is 9.88. The summed E-state index contributed by atoms with van der Waals surface area (Å²) in [6.45, 7) is 12.5. The van der Waals surface area contributed by atoms with Gasteiger partial charge >= 0.3 is 0 Å². The molecule has 0 aromatic carbocycles. The van der Waals surface area contributed by atoms with Crippen LogP contribution in [0, 0.1) is 11.3 Å². The second-order valence-electron chi connectivity index (χ2n) is 5.83. The number of nitrogens with one attached hydrogen (secondary N) is 1. The van der Waals surface area contributed by atoms with Gasteiger partial charge < -0.3 is 11.1 Å². The zero-order chi connectivity index (χ0) is 12.2. The smallest absolute Gasteiger partial charge is 0.237 e. The Balaban J connectivity index is 4.14. The lowest BCUT2D eigenvalue weighted by molar-refractivity contribution is -0.124. The SMILES string of the molecule is CC(C)C[C@@H](N)C(=O)NC(C)C(C)(C)C. The van der Waals surface area contributed by atoms with E-state index in [2.05, 4.69) is 39.9 Å². The summed E-state index contributed by atoms with van der Waals surface area (Å²) >= 11 is 0. The van der Waals surface area contributed by atoms with Crippen molar-refractivity contribution in [3.63, 3.8) is 0 Å². The van der Waals surface area contributed by atoms with Gasteiger partial charge in [-0.05, 0) is 24.7 Å². The highest BCUT2D eigenvalue weighted by Crippen LogP contribution is 2.18. The van der Waals surface area contributed by atoms with E-state index in [1.807, 2.05) is 6.92 Å². The zero-order valence-electron chi connectivity index (χ0n) is 10.9. The van der Waals surface area contributed by atoms with Crippen LogP contribution >= 0.6 is 0 Å². The van der Waals surface area contributed by atoms with Gasteiger partial charge in [0.05, 0.1) is 6.04 Å². The van der Waals surface area contributed by atoms with E-state index < -0.39 is 0 Å². The Morgan fingerprint density at radius 2 is 1.73 bits per heavy atom. The van der Waals surface area contributed by atoms with Crippen LogP contribution in [0.25, 0.3) is 0 Å². The van der Waals surface area contributed by atoms with Crippen molar-refractivity contribution in [2.75, 3.05) is 0 Å². The van der Waals surface area contributed by atoms with Crippen molar-refractivity contribution in [1.82, 2.24) is 5.32 Å². The lowest BCUT2D eigenvalue weighted by Gasteiger charge is -2.29. The monoisotopic (exact) mass is 214 g/mol.